The Labute approximate surface area is 178 Å². The largest absolute Gasteiger partial charge is 0.444 e. The maximum Gasteiger partial charge on any atom is 0.410 e. The first kappa shape index (κ1) is 20.6. The maximum absolute atomic E-state index is 13.1. The molecule has 0 spiro atoms. The zero-order chi connectivity index (χ0) is 21.8. The number of pyridine rings is 1. The minimum absolute atomic E-state index is 0.0304. The summed E-state index contributed by atoms with van der Waals surface area (Å²) in [7, 11) is 0. The van der Waals surface area contributed by atoms with Crippen LogP contribution in [0.1, 0.15) is 45.9 Å². The van der Waals surface area contributed by atoms with E-state index in [0.717, 1.165) is 22.2 Å². The molecule has 0 radical (unpaired) electrons. The molecule has 1 unspecified atom stereocenters. The number of ether oxygens (including phenoxy) is 1. The highest BCUT2D eigenvalue weighted by Crippen LogP contribution is 2.52. The van der Waals surface area contributed by atoms with Gasteiger partial charge in [-0.2, -0.15) is 0 Å². The van der Waals surface area contributed by atoms with Crippen LogP contribution in [-0.2, 0) is 15.1 Å². The van der Waals surface area contributed by atoms with Crippen LogP contribution in [0.2, 0.25) is 0 Å². The molecule has 1 saturated heterocycles. The van der Waals surface area contributed by atoms with E-state index in [2.05, 4.69) is 22.4 Å². The second-order valence-electron chi connectivity index (χ2n) is 10.2. The monoisotopic (exact) mass is 409 g/mol. The van der Waals surface area contributed by atoms with Crippen molar-refractivity contribution in [2.24, 2.45) is 17.8 Å². The summed E-state index contributed by atoms with van der Waals surface area (Å²) in [5.74, 6) is 0.489. The summed E-state index contributed by atoms with van der Waals surface area (Å²) in [6, 6.07) is 10.1. The number of benzene rings is 1. The second kappa shape index (κ2) is 6.96. The highest BCUT2D eigenvalue weighted by Gasteiger charge is 2.61. The number of hydrogen-bond acceptors (Lipinski definition) is 4. The third-order valence-electron chi connectivity index (χ3n) is 6.10. The van der Waals surface area contributed by atoms with Crippen molar-refractivity contribution in [2.45, 2.75) is 52.7 Å². The number of aromatic nitrogens is 1. The molecule has 6 nitrogen and oxygen atoms in total. The van der Waals surface area contributed by atoms with E-state index in [9.17, 15) is 9.59 Å². The van der Waals surface area contributed by atoms with Gasteiger partial charge in [0.05, 0.1) is 11.1 Å². The first-order valence-corrected chi connectivity index (χ1v) is 10.6. The predicted octanol–water partition coefficient (Wildman–Crippen LogP) is 4.01. The number of nitrogens with one attached hydrogen (secondary N) is 1. The van der Waals surface area contributed by atoms with Crippen molar-refractivity contribution in [1.29, 1.82) is 0 Å². The molecule has 1 N–H and O–H groups in total. The van der Waals surface area contributed by atoms with Gasteiger partial charge >= 0.3 is 6.09 Å². The number of aryl methyl sites for hydroxylation is 1. The normalized spacial score (nSPS) is 23.3. The molecule has 30 heavy (non-hydrogen) atoms. The summed E-state index contributed by atoms with van der Waals surface area (Å²) in [4.78, 5) is 31.7. The molecule has 2 fully saturated rings. The fourth-order valence-electron chi connectivity index (χ4n) is 4.67. The molecule has 1 aliphatic carbocycles. The molecule has 1 aliphatic heterocycles. The lowest BCUT2D eigenvalue weighted by atomic mass is 9.90. The van der Waals surface area contributed by atoms with Crippen LogP contribution >= 0.6 is 0 Å². The average molecular weight is 410 g/mol. The quantitative estimate of drug-likeness (QED) is 0.832. The van der Waals surface area contributed by atoms with Crippen LogP contribution in [0.5, 0.6) is 0 Å². The molecule has 0 bridgehead atoms. The molecule has 160 valence electrons. The van der Waals surface area contributed by atoms with E-state index in [4.69, 9.17) is 4.74 Å². The summed E-state index contributed by atoms with van der Waals surface area (Å²) in [5.41, 5.74) is 1.91. The van der Waals surface area contributed by atoms with E-state index in [1.807, 2.05) is 59.7 Å². The van der Waals surface area contributed by atoms with Gasteiger partial charge in [0, 0.05) is 30.1 Å². The number of likely N-dealkylation sites (tertiary alicyclic amines) is 1. The van der Waals surface area contributed by atoms with Crippen LogP contribution in [0, 0.1) is 24.7 Å². The lowest BCUT2D eigenvalue weighted by Gasteiger charge is -2.30. The van der Waals surface area contributed by atoms with Gasteiger partial charge in [0.2, 0.25) is 5.91 Å². The highest BCUT2D eigenvalue weighted by molar-refractivity contribution is 5.87. The number of amides is 2. The summed E-state index contributed by atoms with van der Waals surface area (Å²) in [6.45, 7) is 12.8. The number of carbonyl (C=O) groups is 2. The fourth-order valence-corrected chi connectivity index (χ4v) is 4.67. The van der Waals surface area contributed by atoms with Gasteiger partial charge in [-0.1, -0.05) is 18.2 Å². The van der Waals surface area contributed by atoms with E-state index in [1.165, 1.54) is 0 Å². The molecule has 4 rings (SSSR count). The summed E-state index contributed by atoms with van der Waals surface area (Å²) >= 11 is 0. The van der Waals surface area contributed by atoms with Crippen molar-refractivity contribution >= 4 is 22.9 Å². The topological polar surface area (TPSA) is 71.5 Å². The number of nitrogens with zero attached hydrogens (tertiary/aromatic N) is 2. The van der Waals surface area contributed by atoms with Crippen molar-refractivity contribution in [1.82, 2.24) is 15.2 Å². The zero-order valence-corrected chi connectivity index (χ0v) is 18.7. The van der Waals surface area contributed by atoms with Gasteiger partial charge in [0.25, 0.3) is 0 Å². The van der Waals surface area contributed by atoms with Crippen LogP contribution in [0.15, 0.2) is 30.3 Å². The number of rotatable bonds is 3. The van der Waals surface area contributed by atoms with Gasteiger partial charge in [-0.05, 0) is 71.1 Å². The van der Waals surface area contributed by atoms with Gasteiger partial charge in [0.15, 0.2) is 0 Å². The Morgan fingerprint density at radius 2 is 1.73 bits per heavy atom. The van der Waals surface area contributed by atoms with Crippen LogP contribution in [0.3, 0.4) is 0 Å². The van der Waals surface area contributed by atoms with E-state index in [0.29, 0.717) is 13.1 Å². The highest BCUT2D eigenvalue weighted by atomic mass is 16.6. The van der Waals surface area contributed by atoms with Crippen LogP contribution in [-0.4, -0.2) is 40.6 Å². The van der Waals surface area contributed by atoms with E-state index in [1.54, 1.807) is 4.90 Å². The van der Waals surface area contributed by atoms with Crippen molar-refractivity contribution in [3.63, 3.8) is 0 Å². The average Bonchev–Trinajstić information content (AvgIpc) is 3.13. The Kier molecular flexibility index (Phi) is 4.79. The Balaban J connectivity index is 1.43. The van der Waals surface area contributed by atoms with Crippen molar-refractivity contribution in [3.8, 4) is 0 Å². The molecule has 1 saturated carbocycles. The minimum Gasteiger partial charge on any atom is -0.444 e. The van der Waals surface area contributed by atoms with Crippen LogP contribution < -0.4 is 5.32 Å². The first-order chi connectivity index (χ1) is 14.0. The lowest BCUT2D eigenvalue weighted by Crippen LogP contribution is -2.44. The predicted molar refractivity (Wildman–Crippen MR) is 116 cm³/mol. The number of carbonyl (C=O) groups excluding carboxylic acids is 2. The molecule has 3 atom stereocenters. The summed E-state index contributed by atoms with van der Waals surface area (Å²) in [5, 5.41) is 4.32. The number of para-hydroxylation sites is 1. The van der Waals surface area contributed by atoms with Gasteiger partial charge < -0.3 is 15.0 Å². The number of hydrogen-bond donors (Lipinski definition) is 1. The van der Waals surface area contributed by atoms with E-state index in [-0.39, 0.29) is 29.8 Å². The molecule has 2 aliphatic rings. The van der Waals surface area contributed by atoms with Gasteiger partial charge in [-0.25, -0.2) is 4.79 Å². The van der Waals surface area contributed by atoms with E-state index < -0.39 is 11.1 Å². The van der Waals surface area contributed by atoms with Crippen molar-refractivity contribution in [3.05, 3.63) is 41.6 Å². The van der Waals surface area contributed by atoms with E-state index >= 15 is 0 Å². The second-order valence-corrected chi connectivity index (χ2v) is 10.2. The SMILES string of the molecule is Cc1cc(C(C)(C)NC(=O)C2[C@H]3CN(C(=O)OC(C)(C)C)C[C@@H]23)c2ccccc2n1. The molecule has 2 aromatic rings. The Morgan fingerprint density at radius 3 is 2.37 bits per heavy atom. The Morgan fingerprint density at radius 1 is 1.10 bits per heavy atom. The van der Waals surface area contributed by atoms with Gasteiger partial charge in [0.1, 0.15) is 5.60 Å². The summed E-state index contributed by atoms with van der Waals surface area (Å²) < 4.78 is 5.46. The first-order valence-electron chi connectivity index (χ1n) is 10.6. The molecule has 1 aromatic heterocycles. The van der Waals surface area contributed by atoms with Gasteiger partial charge in [-0.3, -0.25) is 9.78 Å². The van der Waals surface area contributed by atoms with Gasteiger partial charge in [-0.15, -0.1) is 0 Å². The third kappa shape index (κ3) is 3.87. The Hall–Kier alpha value is -2.63. The smallest absolute Gasteiger partial charge is 0.410 e. The molecule has 6 heteroatoms. The zero-order valence-electron chi connectivity index (χ0n) is 18.7. The number of fused-ring (bicyclic) bond motifs is 2. The van der Waals surface area contributed by atoms with Crippen molar-refractivity contribution in [2.75, 3.05) is 13.1 Å². The molecular weight excluding hydrogens is 378 g/mol. The van der Waals surface area contributed by atoms with Crippen molar-refractivity contribution < 1.29 is 14.3 Å². The minimum atomic E-state index is -0.522. The third-order valence-corrected chi connectivity index (χ3v) is 6.10. The maximum atomic E-state index is 13.1. The molecule has 1 aromatic carbocycles. The molecule has 2 amide bonds. The molecule has 2 heterocycles. The fraction of sp³-hybridized carbons (Fsp3) is 0.542. The number of piperidine rings is 1. The Bertz CT molecular complexity index is 996. The molecular formula is C24H31N3O3. The lowest BCUT2D eigenvalue weighted by molar-refractivity contribution is -0.125. The van der Waals surface area contributed by atoms with Crippen LogP contribution in [0.4, 0.5) is 4.79 Å². The van der Waals surface area contributed by atoms with Crippen LogP contribution in [0.25, 0.3) is 10.9 Å². The summed E-state index contributed by atoms with van der Waals surface area (Å²) in [6.07, 6.45) is -0.284. The standard InChI is InChI=1S/C24H31N3O3/c1-14-11-18(15-9-7-8-10-19(15)25-14)24(5,6)26-21(28)20-16-12-27(13-17(16)20)22(29)30-23(2,3)4/h7-11,16-17,20H,12-13H2,1-6H3,(H,26,28)/t16-,17+,20?.